The molecule has 0 saturated carbocycles. The third-order valence-electron chi connectivity index (χ3n) is 1.95. The van der Waals surface area contributed by atoms with Crippen molar-refractivity contribution in [2.24, 2.45) is 16.6 Å². The fraction of sp³-hybridized carbons (Fsp3) is 1.00. The first-order chi connectivity index (χ1) is 6.47. The summed E-state index contributed by atoms with van der Waals surface area (Å²) in [6.45, 7) is 10.4. The monoisotopic (exact) mass is 236 g/mol. The van der Waals surface area contributed by atoms with E-state index in [2.05, 4.69) is 4.72 Å². The van der Waals surface area contributed by atoms with Crippen LogP contribution < -0.4 is 10.5 Å². The van der Waals surface area contributed by atoms with E-state index in [1.807, 2.05) is 34.6 Å². The quantitative estimate of drug-likeness (QED) is 0.746. The maximum Gasteiger partial charge on any atom is 0.212 e. The Labute approximate surface area is 93.7 Å². The summed E-state index contributed by atoms with van der Waals surface area (Å²) in [5.41, 5.74) is 5.12. The summed E-state index contributed by atoms with van der Waals surface area (Å²) in [5, 5.41) is 0. The van der Waals surface area contributed by atoms with Crippen molar-refractivity contribution in [3.05, 3.63) is 0 Å². The highest BCUT2D eigenvalue weighted by Crippen LogP contribution is 2.16. The summed E-state index contributed by atoms with van der Waals surface area (Å²) in [5.74, 6) is 0.140. The molecular weight excluding hydrogens is 212 g/mol. The number of rotatable bonds is 5. The third-order valence-corrected chi connectivity index (χ3v) is 3.78. The van der Waals surface area contributed by atoms with Crippen molar-refractivity contribution in [2.45, 2.75) is 34.6 Å². The summed E-state index contributed by atoms with van der Waals surface area (Å²) in [4.78, 5) is 0. The summed E-state index contributed by atoms with van der Waals surface area (Å²) in [6, 6.07) is 0. The normalized spacial score (nSPS) is 14.3. The summed E-state index contributed by atoms with van der Waals surface area (Å²) in [7, 11) is -3.19. The number of nitrogens with one attached hydrogen (secondary N) is 1. The van der Waals surface area contributed by atoms with Crippen molar-refractivity contribution in [2.75, 3.05) is 18.8 Å². The molecule has 0 aliphatic heterocycles. The van der Waals surface area contributed by atoms with Crippen molar-refractivity contribution in [1.82, 2.24) is 4.72 Å². The Kier molecular flexibility index (Phi) is 4.76. The van der Waals surface area contributed by atoms with Gasteiger partial charge in [-0.2, -0.15) is 0 Å². The molecule has 0 saturated heterocycles. The van der Waals surface area contributed by atoms with Crippen LogP contribution >= 0.6 is 0 Å². The van der Waals surface area contributed by atoms with Gasteiger partial charge in [0, 0.05) is 6.54 Å². The van der Waals surface area contributed by atoms with Gasteiger partial charge >= 0.3 is 0 Å². The highest BCUT2D eigenvalue weighted by atomic mass is 32.2. The SMILES string of the molecule is CC(C)(C)CS(=O)(=O)NCC(C)(C)CN. The van der Waals surface area contributed by atoms with Crippen LogP contribution in [0.4, 0.5) is 0 Å². The molecule has 0 bridgehead atoms. The minimum atomic E-state index is -3.19. The van der Waals surface area contributed by atoms with Gasteiger partial charge in [-0.05, 0) is 17.4 Å². The molecule has 4 nitrogen and oxygen atoms in total. The smallest absolute Gasteiger partial charge is 0.212 e. The van der Waals surface area contributed by atoms with Gasteiger partial charge in [0.25, 0.3) is 0 Å². The van der Waals surface area contributed by atoms with Crippen LogP contribution in [0.15, 0.2) is 0 Å². The lowest BCUT2D eigenvalue weighted by molar-refractivity contribution is 0.373. The minimum absolute atomic E-state index is 0.140. The van der Waals surface area contributed by atoms with Crippen molar-refractivity contribution < 1.29 is 8.42 Å². The molecule has 0 aliphatic carbocycles. The molecule has 0 aromatic rings. The Morgan fingerprint density at radius 3 is 1.93 bits per heavy atom. The van der Waals surface area contributed by atoms with Gasteiger partial charge in [-0.15, -0.1) is 0 Å². The van der Waals surface area contributed by atoms with E-state index in [0.29, 0.717) is 13.1 Å². The molecule has 0 spiro atoms. The van der Waals surface area contributed by atoms with Crippen LogP contribution in [0, 0.1) is 10.8 Å². The van der Waals surface area contributed by atoms with Crippen LogP contribution in [0.3, 0.4) is 0 Å². The molecule has 0 amide bonds. The molecule has 92 valence electrons. The molecule has 5 heteroatoms. The van der Waals surface area contributed by atoms with E-state index in [9.17, 15) is 8.42 Å². The largest absolute Gasteiger partial charge is 0.330 e. The molecule has 3 N–H and O–H groups in total. The Morgan fingerprint density at radius 2 is 1.60 bits per heavy atom. The molecule has 0 rings (SSSR count). The number of hydrogen-bond acceptors (Lipinski definition) is 3. The van der Waals surface area contributed by atoms with E-state index in [0.717, 1.165) is 0 Å². The predicted octanol–water partition coefficient (Wildman–Crippen LogP) is 0.937. The lowest BCUT2D eigenvalue weighted by Gasteiger charge is -2.24. The molecule has 0 atom stereocenters. The maximum absolute atomic E-state index is 11.7. The molecular formula is C10H24N2O2S. The van der Waals surface area contributed by atoms with Gasteiger partial charge in [-0.25, -0.2) is 13.1 Å². The minimum Gasteiger partial charge on any atom is -0.330 e. The fourth-order valence-electron chi connectivity index (χ4n) is 0.999. The Morgan fingerprint density at radius 1 is 1.13 bits per heavy atom. The molecule has 0 fully saturated rings. The topological polar surface area (TPSA) is 72.2 Å². The van der Waals surface area contributed by atoms with Crippen LogP contribution in [-0.2, 0) is 10.0 Å². The van der Waals surface area contributed by atoms with Crippen LogP contribution in [0.2, 0.25) is 0 Å². The van der Waals surface area contributed by atoms with Gasteiger partial charge in [0.15, 0.2) is 0 Å². The molecule has 0 aromatic carbocycles. The van der Waals surface area contributed by atoms with E-state index in [1.54, 1.807) is 0 Å². The summed E-state index contributed by atoms with van der Waals surface area (Å²) in [6.07, 6.45) is 0. The first-order valence-corrected chi connectivity index (χ1v) is 6.80. The van der Waals surface area contributed by atoms with Crippen LogP contribution in [0.25, 0.3) is 0 Å². The molecule has 0 unspecified atom stereocenters. The Bertz CT molecular complexity index is 289. The number of sulfonamides is 1. The zero-order valence-corrected chi connectivity index (χ0v) is 11.2. The molecule has 0 aliphatic rings. The van der Waals surface area contributed by atoms with Gasteiger partial charge in [0.05, 0.1) is 5.75 Å². The standard InChI is InChI=1S/C10H24N2O2S/c1-9(2,3)8-15(13,14)12-7-10(4,5)6-11/h12H,6-8,11H2,1-5H3. The molecule has 0 radical (unpaired) electrons. The highest BCUT2D eigenvalue weighted by Gasteiger charge is 2.24. The van der Waals surface area contributed by atoms with E-state index in [-0.39, 0.29) is 16.6 Å². The van der Waals surface area contributed by atoms with Gasteiger partial charge in [-0.3, -0.25) is 0 Å². The third kappa shape index (κ3) is 7.76. The van der Waals surface area contributed by atoms with E-state index in [1.165, 1.54) is 0 Å². The van der Waals surface area contributed by atoms with E-state index in [4.69, 9.17) is 5.73 Å². The molecule has 0 aromatic heterocycles. The van der Waals surface area contributed by atoms with Crippen molar-refractivity contribution >= 4 is 10.0 Å². The average Bonchev–Trinajstić information content (AvgIpc) is 1.97. The second-order valence-corrected chi connectivity index (χ2v) is 7.82. The van der Waals surface area contributed by atoms with Crippen LogP contribution in [0.1, 0.15) is 34.6 Å². The second-order valence-electron chi connectivity index (χ2n) is 6.01. The van der Waals surface area contributed by atoms with Gasteiger partial charge in [-0.1, -0.05) is 34.6 Å². The number of nitrogens with two attached hydrogens (primary N) is 1. The van der Waals surface area contributed by atoms with Gasteiger partial charge < -0.3 is 5.73 Å². The summed E-state index contributed by atoms with van der Waals surface area (Å²) >= 11 is 0. The first kappa shape index (κ1) is 14.9. The van der Waals surface area contributed by atoms with Gasteiger partial charge in [0.2, 0.25) is 10.0 Å². The summed E-state index contributed by atoms with van der Waals surface area (Å²) < 4.78 is 25.9. The second kappa shape index (κ2) is 4.80. The highest BCUT2D eigenvalue weighted by molar-refractivity contribution is 7.89. The predicted molar refractivity (Wildman–Crippen MR) is 64.1 cm³/mol. The van der Waals surface area contributed by atoms with Gasteiger partial charge in [0.1, 0.15) is 0 Å². The lowest BCUT2D eigenvalue weighted by atomic mass is 9.95. The number of hydrogen-bond donors (Lipinski definition) is 2. The average molecular weight is 236 g/mol. The van der Waals surface area contributed by atoms with Crippen LogP contribution in [0.5, 0.6) is 0 Å². The Hall–Kier alpha value is -0.130. The first-order valence-electron chi connectivity index (χ1n) is 5.15. The zero-order valence-electron chi connectivity index (χ0n) is 10.4. The van der Waals surface area contributed by atoms with Crippen molar-refractivity contribution in [3.63, 3.8) is 0 Å². The molecule has 0 heterocycles. The maximum atomic E-state index is 11.7. The zero-order chi connectivity index (χ0) is 12.3. The Balaban J connectivity index is 4.30. The van der Waals surface area contributed by atoms with E-state index >= 15 is 0 Å². The van der Waals surface area contributed by atoms with Crippen molar-refractivity contribution in [1.29, 1.82) is 0 Å². The lowest BCUT2D eigenvalue weighted by Crippen LogP contribution is -2.41. The van der Waals surface area contributed by atoms with Crippen LogP contribution in [-0.4, -0.2) is 27.3 Å². The molecule has 15 heavy (non-hydrogen) atoms. The van der Waals surface area contributed by atoms with Crippen molar-refractivity contribution in [3.8, 4) is 0 Å². The van der Waals surface area contributed by atoms with E-state index < -0.39 is 10.0 Å². The fourth-order valence-corrected chi connectivity index (χ4v) is 2.85.